The van der Waals surface area contributed by atoms with Crippen molar-refractivity contribution in [1.82, 2.24) is 4.90 Å². The molecule has 0 aliphatic carbocycles. The standard InChI is InChI=1S/C15H24N2/c1-3-15(4-2,12-16)17-10-14(11-17)13-8-6-5-7-9-13/h5-9,14H,3-4,10-12,16H2,1-2H3. The normalized spacial score (nSPS) is 18.1. The van der Waals surface area contributed by atoms with E-state index in [-0.39, 0.29) is 5.54 Å². The third-order valence-corrected chi connectivity index (χ3v) is 4.52. The first-order valence-electron chi connectivity index (χ1n) is 6.76. The van der Waals surface area contributed by atoms with Crippen molar-refractivity contribution in [2.45, 2.75) is 38.1 Å². The number of rotatable bonds is 5. The number of nitrogens with two attached hydrogens (primary N) is 1. The lowest BCUT2D eigenvalue weighted by molar-refractivity contribution is 0.0105. The molecule has 1 aliphatic rings. The van der Waals surface area contributed by atoms with Gasteiger partial charge in [0.1, 0.15) is 0 Å². The molecular weight excluding hydrogens is 208 g/mol. The average molecular weight is 232 g/mol. The van der Waals surface area contributed by atoms with Crippen LogP contribution < -0.4 is 5.73 Å². The van der Waals surface area contributed by atoms with E-state index >= 15 is 0 Å². The lowest BCUT2D eigenvalue weighted by Crippen LogP contribution is -2.61. The Morgan fingerprint density at radius 1 is 1.18 bits per heavy atom. The van der Waals surface area contributed by atoms with Crippen LogP contribution in [0.3, 0.4) is 0 Å². The zero-order chi connectivity index (χ0) is 12.3. The van der Waals surface area contributed by atoms with Crippen molar-refractivity contribution in [1.29, 1.82) is 0 Å². The first kappa shape index (κ1) is 12.6. The molecule has 0 aromatic heterocycles. The van der Waals surface area contributed by atoms with Gasteiger partial charge in [-0.15, -0.1) is 0 Å². The van der Waals surface area contributed by atoms with Crippen molar-refractivity contribution in [2.75, 3.05) is 19.6 Å². The Kier molecular flexibility index (Phi) is 3.85. The highest BCUT2D eigenvalue weighted by Crippen LogP contribution is 2.35. The molecule has 0 bridgehead atoms. The van der Waals surface area contributed by atoms with E-state index in [0.29, 0.717) is 5.92 Å². The molecule has 0 amide bonds. The van der Waals surface area contributed by atoms with Crippen LogP contribution in [-0.4, -0.2) is 30.1 Å². The summed E-state index contributed by atoms with van der Waals surface area (Å²) in [5.41, 5.74) is 7.70. The molecule has 2 N–H and O–H groups in total. The van der Waals surface area contributed by atoms with Crippen LogP contribution in [0, 0.1) is 0 Å². The highest BCUT2D eigenvalue weighted by atomic mass is 15.3. The van der Waals surface area contributed by atoms with E-state index < -0.39 is 0 Å². The largest absolute Gasteiger partial charge is 0.329 e. The Hall–Kier alpha value is -0.860. The van der Waals surface area contributed by atoms with Gasteiger partial charge in [0, 0.05) is 31.1 Å². The molecule has 1 heterocycles. The van der Waals surface area contributed by atoms with E-state index in [0.717, 1.165) is 19.4 Å². The molecule has 0 spiro atoms. The van der Waals surface area contributed by atoms with Gasteiger partial charge in [-0.25, -0.2) is 0 Å². The molecule has 2 nitrogen and oxygen atoms in total. The van der Waals surface area contributed by atoms with Crippen molar-refractivity contribution in [3.05, 3.63) is 35.9 Å². The fourth-order valence-corrected chi connectivity index (χ4v) is 2.92. The maximum Gasteiger partial charge on any atom is 0.0327 e. The molecule has 0 saturated carbocycles. The molecule has 1 fully saturated rings. The van der Waals surface area contributed by atoms with Gasteiger partial charge in [-0.1, -0.05) is 44.2 Å². The van der Waals surface area contributed by atoms with Crippen molar-refractivity contribution < 1.29 is 0 Å². The molecule has 0 unspecified atom stereocenters. The molecule has 94 valence electrons. The Balaban J connectivity index is 1.98. The number of likely N-dealkylation sites (tertiary alicyclic amines) is 1. The minimum atomic E-state index is 0.241. The predicted octanol–water partition coefficient (Wildman–Crippen LogP) is 2.60. The highest BCUT2D eigenvalue weighted by molar-refractivity contribution is 5.23. The maximum absolute atomic E-state index is 5.98. The number of hydrogen-bond acceptors (Lipinski definition) is 2. The minimum Gasteiger partial charge on any atom is -0.329 e. The lowest BCUT2D eigenvalue weighted by Gasteiger charge is -2.52. The first-order chi connectivity index (χ1) is 8.25. The van der Waals surface area contributed by atoms with Crippen LogP contribution in [0.4, 0.5) is 0 Å². The first-order valence-corrected chi connectivity index (χ1v) is 6.76. The summed E-state index contributed by atoms with van der Waals surface area (Å²) >= 11 is 0. The zero-order valence-corrected chi connectivity index (χ0v) is 11.0. The van der Waals surface area contributed by atoms with Gasteiger partial charge >= 0.3 is 0 Å². The van der Waals surface area contributed by atoms with Gasteiger partial charge in [0.25, 0.3) is 0 Å². The van der Waals surface area contributed by atoms with Gasteiger partial charge in [-0.2, -0.15) is 0 Å². The van der Waals surface area contributed by atoms with E-state index in [9.17, 15) is 0 Å². The summed E-state index contributed by atoms with van der Waals surface area (Å²) in [4.78, 5) is 2.57. The average Bonchev–Trinajstić information content (AvgIpc) is 2.35. The topological polar surface area (TPSA) is 29.3 Å². The van der Waals surface area contributed by atoms with Crippen LogP contribution in [0.1, 0.15) is 38.2 Å². The van der Waals surface area contributed by atoms with Crippen molar-refractivity contribution >= 4 is 0 Å². The van der Waals surface area contributed by atoms with Gasteiger partial charge < -0.3 is 5.73 Å². The van der Waals surface area contributed by atoms with Gasteiger partial charge in [-0.05, 0) is 18.4 Å². The minimum absolute atomic E-state index is 0.241. The third-order valence-electron chi connectivity index (χ3n) is 4.52. The summed E-state index contributed by atoms with van der Waals surface area (Å²) in [6.07, 6.45) is 2.31. The van der Waals surface area contributed by atoms with E-state index in [1.54, 1.807) is 0 Å². The summed E-state index contributed by atoms with van der Waals surface area (Å²) in [6, 6.07) is 10.8. The molecule has 17 heavy (non-hydrogen) atoms. The van der Waals surface area contributed by atoms with Crippen LogP contribution in [0.25, 0.3) is 0 Å². The fourth-order valence-electron chi connectivity index (χ4n) is 2.92. The number of hydrogen-bond donors (Lipinski definition) is 1. The van der Waals surface area contributed by atoms with E-state index in [4.69, 9.17) is 5.73 Å². The predicted molar refractivity (Wildman–Crippen MR) is 73.1 cm³/mol. The van der Waals surface area contributed by atoms with Gasteiger partial charge in [0.05, 0.1) is 0 Å². The Labute approximate surface area is 105 Å². The number of nitrogens with zero attached hydrogens (tertiary/aromatic N) is 1. The summed E-state index contributed by atoms with van der Waals surface area (Å²) in [6.45, 7) is 7.63. The SMILES string of the molecule is CCC(CC)(CN)N1CC(c2ccccc2)C1. The maximum atomic E-state index is 5.98. The van der Waals surface area contributed by atoms with Crippen LogP contribution in [-0.2, 0) is 0 Å². The summed E-state index contributed by atoms with van der Waals surface area (Å²) in [5, 5.41) is 0. The van der Waals surface area contributed by atoms with Gasteiger partial charge in [0.15, 0.2) is 0 Å². The molecule has 1 aromatic rings. The van der Waals surface area contributed by atoms with Crippen LogP contribution >= 0.6 is 0 Å². The van der Waals surface area contributed by atoms with E-state index in [1.807, 2.05) is 0 Å². The molecule has 1 saturated heterocycles. The van der Waals surface area contributed by atoms with Gasteiger partial charge in [0.2, 0.25) is 0 Å². The second-order valence-electron chi connectivity index (χ2n) is 5.15. The van der Waals surface area contributed by atoms with Crippen molar-refractivity contribution in [3.63, 3.8) is 0 Å². The zero-order valence-electron chi connectivity index (χ0n) is 11.0. The van der Waals surface area contributed by atoms with E-state index in [1.165, 1.54) is 18.7 Å². The molecular formula is C15H24N2. The van der Waals surface area contributed by atoms with Gasteiger partial charge in [-0.3, -0.25) is 4.90 Å². The van der Waals surface area contributed by atoms with E-state index in [2.05, 4.69) is 49.1 Å². The smallest absolute Gasteiger partial charge is 0.0327 e. The van der Waals surface area contributed by atoms with Crippen LogP contribution in [0.15, 0.2) is 30.3 Å². The molecule has 2 heteroatoms. The van der Waals surface area contributed by atoms with Crippen molar-refractivity contribution in [2.24, 2.45) is 5.73 Å². The molecule has 1 aliphatic heterocycles. The summed E-state index contributed by atoms with van der Waals surface area (Å²) in [7, 11) is 0. The third kappa shape index (κ3) is 2.24. The molecule has 2 rings (SSSR count). The van der Waals surface area contributed by atoms with Crippen LogP contribution in [0.5, 0.6) is 0 Å². The Bertz CT molecular complexity index is 329. The summed E-state index contributed by atoms with van der Waals surface area (Å²) in [5.74, 6) is 0.709. The second-order valence-corrected chi connectivity index (χ2v) is 5.15. The lowest BCUT2D eigenvalue weighted by atomic mass is 9.82. The van der Waals surface area contributed by atoms with Crippen LogP contribution in [0.2, 0.25) is 0 Å². The monoisotopic (exact) mass is 232 g/mol. The Morgan fingerprint density at radius 2 is 1.76 bits per heavy atom. The Morgan fingerprint density at radius 3 is 2.24 bits per heavy atom. The summed E-state index contributed by atoms with van der Waals surface area (Å²) < 4.78 is 0. The second kappa shape index (κ2) is 5.19. The number of benzene rings is 1. The molecule has 0 atom stereocenters. The quantitative estimate of drug-likeness (QED) is 0.845. The fraction of sp³-hybridized carbons (Fsp3) is 0.600. The van der Waals surface area contributed by atoms with Crippen molar-refractivity contribution in [3.8, 4) is 0 Å². The molecule has 1 aromatic carbocycles. The highest BCUT2D eigenvalue weighted by Gasteiger charge is 2.40. The molecule has 0 radical (unpaired) electrons.